The summed E-state index contributed by atoms with van der Waals surface area (Å²) < 4.78 is 20.2. The van der Waals surface area contributed by atoms with Crippen molar-refractivity contribution < 1.29 is 13.9 Å². The van der Waals surface area contributed by atoms with Crippen LogP contribution in [0.25, 0.3) is 10.9 Å². The summed E-state index contributed by atoms with van der Waals surface area (Å²) in [7, 11) is 0. The molecule has 1 N–H and O–H groups in total. The van der Waals surface area contributed by atoms with Gasteiger partial charge >= 0.3 is 0 Å². The van der Waals surface area contributed by atoms with Gasteiger partial charge in [0.2, 0.25) is 0 Å². The highest BCUT2D eigenvalue weighted by Gasteiger charge is 2.14. The number of anilines is 1. The van der Waals surface area contributed by atoms with Crippen molar-refractivity contribution in [1.82, 2.24) is 4.98 Å². The Morgan fingerprint density at radius 1 is 1.17 bits per heavy atom. The van der Waals surface area contributed by atoms with Gasteiger partial charge in [-0.15, -0.1) is 11.8 Å². The highest BCUT2D eigenvalue weighted by atomic mass is 19.1. The van der Waals surface area contributed by atoms with Gasteiger partial charge in [0.15, 0.2) is 11.6 Å². The summed E-state index contributed by atoms with van der Waals surface area (Å²) in [6.07, 6.45) is 2.49. The van der Waals surface area contributed by atoms with Crippen LogP contribution in [-0.4, -0.2) is 17.5 Å². The molecule has 148 valence electrons. The third kappa shape index (κ3) is 5.32. The average molecular weight is 390 g/mol. The number of nitrogens with zero attached hydrogens (tertiary/aromatic N) is 1. The molecule has 0 aliphatic rings. The van der Waals surface area contributed by atoms with Gasteiger partial charge in [0.1, 0.15) is 0 Å². The van der Waals surface area contributed by atoms with E-state index in [1.54, 1.807) is 37.3 Å². The molecule has 0 fully saturated rings. The number of carbonyl (C=O) groups excluding carboxylic acids is 1. The Balaban J connectivity index is 1.67. The van der Waals surface area contributed by atoms with E-state index in [4.69, 9.17) is 4.74 Å². The summed E-state index contributed by atoms with van der Waals surface area (Å²) in [6.45, 7) is 4.12. The van der Waals surface area contributed by atoms with E-state index in [1.165, 1.54) is 6.07 Å². The minimum Gasteiger partial charge on any atom is -0.490 e. The number of unbranched alkanes of at least 4 members (excludes halogenated alkanes) is 2. The molecule has 29 heavy (non-hydrogen) atoms. The van der Waals surface area contributed by atoms with Crippen LogP contribution >= 0.6 is 0 Å². The van der Waals surface area contributed by atoms with Crippen molar-refractivity contribution in [2.75, 3.05) is 11.9 Å². The Morgan fingerprint density at radius 3 is 2.86 bits per heavy atom. The number of carbonyl (C=O) groups is 1. The molecular weight excluding hydrogens is 367 g/mol. The number of nitrogens with one attached hydrogen (secondary N) is 1. The van der Waals surface area contributed by atoms with Crippen LogP contribution in [0.2, 0.25) is 0 Å². The molecule has 0 spiro atoms. The summed E-state index contributed by atoms with van der Waals surface area (Å²) in [5.41, 5.74) is 2.25. The topological polar surface area (TPSA) is 51.2 Å². The number of hydrogen-bond donors (Lipinski definition) is 1. The Bertz CT molecular complexity index is 1080. The molecule has 0 bridgehead atoms. The Morgan fingerprint density at radius 2 is 2.03 bits per heavy atom. The molecule has 5 heteroatoms. The average Bonchev–Trinajstić information content (AvgIpc) is 2.72. The van der Waals surface area contributed by atoms with E-state index in [-0.39, 0.29) is 17.3 Å². The summed E-state index contributed by atoms with van der Waals surface area (Å²) in [4.78, 5) is 17.0. The van der Waals surface area contributed by atoms with Crippen molar-refractivity contribution in [3.63, 3.8) is 0 Å². The van der Waals surface area contributed by atoms with Gasteiger partial charge in [-0.3, -0.25) is 9.78 Å². The second-order valence-corrected chi connectivity index (χ2v) is 6.66. The van der Waals surface area contributed by atoms with Gasteiger partial charge in [0.05, 0.1) is 17.8 Å². The number of benzene rings is 2. The van der Waals surface area contributed by atoms with Crippen LogP contribution in [0.1, 0.15) is 42.2 Å². The number of fused-ring (bicyclic) bond motifs is 1. The van der Waals surface area contributed by atoms with Crippen LogP contribution in [0.3, 0.4) is 0 Å². The monoisotopic (exact) mass is 390 g/mol. The van der Waals surface area contributed by atoms with Gasteiger partial charge in [0.25, 0.3) is 5.91 Å². The SMILES string of the molecule is CC#CCCCCOc1cccc(NC(=O)c2ccc3nc(C)ccc3c2)c1F. The van der Waals surface area contributed by atoms with Crippen molar-refractivity contribution in [2.45, 2.75) is 33.1 Å². The molecule has 0 radical (unpaired) electrons. The van der Waals surface area contributed by atoms with E-state index >= 15 is 0 Å². The molecular formula is C24H23FN2O2. The van der Waals surface area contributed by atoms with Gasteiger partial charge in [-0.2, -0.15) is 0 Å². The molecule has 1 heterocycles. The Hall–Kier alpha value is -3.39. The maximum absolute atomic E-state index is 14.7. The van der Waals surface area contributed by atoms with Crippen molar-refractivity contribution in [3.8, 4) is 17.6 Å². The lowest BCUT2D eigenvalue weighted by Gasteiger charge is -2.11. The first-order chi connectivity index (χ1) is 14.1. The van der Waals surface area contributed by atoms with Gasteiger partial charge in [-0.25, -0.2) is 4.39 Å². The smallest absolute Gasteiger partial charge is 0.255 e. The lowest BCUT2D eigenvalue weighted by molar-refractivity contribution is 0.102. The number of aryl methyl sites for hydroxylation is 1. The number of amides is 1. The molecule has 1 amide bonds. The summed E-state index contributed by atoms with van der Waals surface area (Å²) in [5, 5.41) is 3.48. The first-order valence-electron chi connectivity index (χ1n) is 9.58. The zero-order valence-electron chi connectivity index (χ0n) is 16.6. The van der Waals surface area contributed by atoms with E-state index in [0.29, 0.717) is 12.2 Å². The van der Waals surface area contributed by atoms with Crippen LogP contribution in [0.5, 0.6) is 5.75 Å². The molecule has 1 aromatic heterocycles. The fraction of sp³-hybridized carbons (Fsp3) is 0.250. The number of aromatic nitrogens is 1. The molecule has 3 aromatic rings. The van der Waals surface area contributed by atoms with Crippen molar-refractivity contribution in [2.24, 2.45) is 0 Å². The minimum absolute atomic E-state index is 0.0893. The molecule has 2 aromatic carbocycles. The summed E-state index contributed by atoms with van der Waals surface area (Å²) in [6, 6.07) is 13.7. The zero-order chi connectivity index (χ0) is 20.6. The molecule has 0 aliphatic carbocycles. The number of pyridine rings is 1. The predicted molar refractivity (Wildman–Crippen MR) is 114 cm³/mol. The third-order valence-corrected chi connectivity index (χ3v) is 4.43. The van der Waals surface area contributed by atoms with Crippen LogP contribution in [0, 0.1) is 24.6 Å². The molecule has 0 saturated heterocycles. The lowest BCUT2D eigenvalue weighted by Crippen LogP contribution is -2.13. The highest BCUT2D eigenvalue weighted by molar-refractivity contribution is 6.06. The van der Waals surface area contributed by atoms with Crippen LogP contribution in [0.15, 0.2) is 48.5 Å². The van der Waals surface area contributed by atoms with Gasteiger partial charge in [-0.05, 0) is 63.1 Å². The normalized spacial score (nSPS) is 10.3. The molecule has 0 aliphatic heterocycles. The van der Waals surface area contributed by atoms with Crippen LogP contribution < -0.4 is 10.1 Å². The quantitative estimate of drug-likeness (QED) is 0.428. The summed E-state index contributed by atoms with van der Waals surface area (Å²) >= 11 is 0. The van der Waals surface area contributed by atoms with Crippen LogP contribution in [0.4, 0.5) is 10.1 Å². The van der Waals surface area contributed by atoms with Crippen molar-refractivity contribution >= 4 is 22.5 Å². The van der Waals surface area contributed by atoms with Crippen LogP contribution in [-0.2, 0) is 0 Å². The van der Waals surface area contributed by atoms with E-state index in [1.807, 2.05) is 19.1 Å². The lowest BCUT2D eigenvalue weighted by atomic mass is 10.1. The summed E-state index contributed by atoms with van der Waals surface area (Å²) in [5.74, 6) is 4.99. The second-order valence-electron chi connectivity index (χ2n) is 6.66. The van der Waals surface area contributed by atoms with Gasteiger partial charge < -0.3 is 10.1 Å². The van der Waals surface area contributed by atoms with Crippen molar-refractivity contribution in [3.05, 3.63) is 65.6 Å². The van der Waals surface area contributed by atoms with E-state index in [9.17, 15) is 9.18 Å². The maximum Gasteiger partial charge on any atom is 0.255 e. The molecule has 0 atom stereocenters. The van der Waals surface area contributed by atoms with E-state index < -0.39 is 5.82 Å². The first kappa shape index (κ1) is 20.3. The van der Waals surface area contributed by atoms with E-state index in [0.717, 1.165) is 35.9 Å². The zero-order valence-corrected chi connectivity index (χ0v) is 16.6. The third-order valence-electron chi connectivity index (χ3n) is 4.43. The Kier molecular flexibility index (Phi) is 6.80. The molecule has 4 nitrogen and oxygen atoms in total. The molecule has 0 saturated carbocycles. The minimum atomic E-state index is -0.577. The number of halogens is 1. The fourth-order valence-electron chi connectivity index (χ4n) is 2.90. The van der Waals surface area contributed by atoms with Crippen molar-refractivity contribution in [1.29, 1.82) is 0 Å². The first-order valence-corrected chi connectivity index (χ1v) is 9.58. The van der Waals surface area contributed by atoms with Gasteiger partial charge in [0, 0.05) is 23.1 Å². The standard InChI is InChI=1S/C24H23FN2O2/c1-3-4-5-6-7-15-29-22-10-8-9-21(23(22)25)27-24(28)19-13-14-20-18(16-19)12-11-17(2)26-20/h8-14,16H,5-7,15H2,1-2H3,(H,27,28). The Labute approximate surface area is 170 Å². The van der Waals surface area contributed by atoms with Gasteiger partial charge in [-0.1, -0.05) is 12.1 Å². The van der Waals surface area contributed by atoms with E-state index in [2.05, 4.69) is 22.1 Å². The maximum atomic E-state index is 14.7. The number of rotatable bonds is 7. The largest absolute Gasteiger partial charge is 0.490 e. The number of ether oxygens (including phenoxy) is 1. The molecule has 0 unspecified atom stereocenters. The fourth-order valence-corrected chi connectivity index (χ4v) is 2.90. The number of hydrogen-bond acceptors (Lipinski definition) is 3. The molecule has 3 rings (SSSR count). The highest BCUT2D eigenvalue weighted by Crippen LogP contribution is 2.25. The second kappa shape index (κ2) is 9.70. The predicted octanol–water partition coefficient (Wildman–Crippen LogP) is 5.51.